The van der Waals surface area contributed by atoms with Crippen molar-refractivity contribution in [1.29, 1.82) is 0 Å². The van der Waals surface area contributed by atoms with Crippen molar-refractivity contribution in [3.63, 3.8) is 0 Å². The average Bonchev–Trinajstić information content (AvgIpc) is 2.41. The van der Waals surface area contributed by atoms with Crippen LogP contribution in [0.4, 0.5) is 5.82 Å². The van der Waals surface area contributed by atoms with Gasteiger partial charge in [-0.1, -0.05) is 18.3 Å². The van der Waals surface area contributed by atoms with E-state index in [2.05, 4.69) is 15.2 Å². The van der Waals surface area contributed by atoms with Crippen LogP contribution in [0, 0.1) is 20.8 Å². The molecule has 0 aliphatic heterocycles. The number of hydrogen-bond acceptors (Lipinski definition) is 5. The molecule has 0 unspecified atom stereocenters. The van der Waals surface area contributed by atoms with E-state index in [0.717, 1.165) is 28.2 Å². The van der Waals surface area contributed by atoms with Crippen molar-refractivity contribution in [2.45, 2.75) is 27.3 Å². The summed E-state index contributed by atoms with van der Waals surface area (Å²) in [5.41, 5.74) is 10.4. The standard InChI is InChI=1S/C15H19N5S/c1-9-6-5-7-12(17-9)8-20(4)15-13(14(16)21)10(2)11(3)18-19-15/h5-7H,8H2,1-4H3,(H2,16,21). The van der Waals surface area contributed by atoms with Gasteiger partial charge in [0.25, 0.3) is 0 Å². The molecule has 0 amide bonds. The first-order valence-corrected chi connectivity index (χ1v) is 7.08. The zero-order valence-corrected chi connectivity index (χ0v) is 13.5. The van der Waals surface area contributed by atoms with Crippen LogP contribution in [0.2, 0.25) is 0 Å². The summed E-state index contributed by atoms with van der Waals surface area (Å²) < 4.78 is 0. The van der Waals surface area contributed by atoms with Gasteiger partial charge in [0.15, 0.2) is 5.82 Å². The van der Waals surface area contributed by atoms with E-state index in [4.69, 9.17) is 18.0 Å². The summed E-state index contributed by atoms with van der Waals surface area (Å²) in [4.78, 5) is 6.80. The lowest BCUT2D eigenvalue weighted by molar-refractivity contribution is 0.826. The van der Waals surface area contributed by atoms with Gasteiger partial charge in [0.05, 0.1) is 23.5 Å². The van der Waals surface area contributed by atoms with Crippen LogP contribution in [0.3, 0.4) is 0 Å². The molecule has 2 heterocycles. The first-order chi connectivity index (χ1) is 9.90. The first-order valence-electron chi connectivity index (χ1n) is 6.67. The number of thiocarbonyl (C=S) groups is 1. The zero-order chi connectivity index (χ0) is 15.6. The molecule has 6 heteroatoms. The van der Waals surface area contributed by atoms with Crippen LogP contribution in [-0.2, 0) is 6.54 Å². The van der Waals surface area contributed by atoms with Crippen molar-refractivity contribution in [2.75, 3.05) is 11.9 Å². The number of pyridine rings is 1. The molecule has 2 rings (SSSR count). The second kappa shape index (κ2) is 6.13. The van der Waals surface area contributed by atoms with E-state index in [-0.39, 0.29) is 0 Å². The van der Waals surface area contributed by atoms with Crippen LogP contribution in [-0.4, -0.2) is 27.2 Å². The molecular formula is C15H19N5S. The van der Waals surface area contributed by atoms with E-state index >= 15 is 0 Å². The average molecular weight is 301 g/mol. The fourth-order valence-corrected chi connectivity index (χ4v) is 2.41. The minimum absolute atomic E-state index is 0.338. The van der Waals surface area contributed by atoms with Gasteiger partial charge < -0.3 is 10.6 Å². The number of hydrogen-bond donors (Lipinski definition) is 1. The second-order valence-corrected chi connectivity index (χ2v) is 5.54. The summed E-state index contributed by atoms with van der Waals surface area (Å²) in [6, 6.07) is 5.95. The van der Waals surface area contributed by atoms with Crippen LogP contribution in [0.25, 0.3) is 0 Å². The molecule has 0 radical (unpaired) electrons. The fraction of sp³-hybridized carbons (Fsp3) is 0.333. The smallest absolute Gasteiger partial charge is 0.161 e. The molecule has 0 aliphatic rings. The lowest BCUT2D eigenvalue weighted by Crippen LogP contribution is -2.25. The van der Waals surface area contributed by atoms with E-state index in [9.17, 15) is 0 Å². The number of nitrogens with two attached hydrogens (primary N) is 1. The van der Waals surface area contributed by atoms with Crippen LogP contribution >= 0.6 is 12.2 Å². The molecule has 0 spiro atoms. The molecule has 5 nitrogen and oxygen atoms in total. The summed E-state index contributed by atoms with van der Waals surface area (Å²) in [6.45, 7) is 6.45. The normalized spacial score (nSPS) is 10.5. The second-order valence-electron chi connectivity index (χ2n) is 5.10. The minimum Gasteiger partial charge on any atom is -0.389 e. The van der Waals surface area contributed by atoms with Gasteiger partial charge in [0.1, 0.15) is 4.99 Å². The van der Waals surface area contributed by atoms with E-state index in [0.29, 0.717) is 17.4 Å². The molecule has 21 heavy (non-hydrogen) atoms. The van der Waals surface area contributed by atoms with E-state index in [1.807, 2.05) is 50.9 Å². The Balaban J connectivity index is 2.37. The van der Waals surface area contributed by atoms with Crippen molar-refractivity contribution in [3.8, 4) is 0 Å². The summed E-state index contributed by atoms with van der Waals surface area (Å²) in [6.07, 6.45) is 0. The molecule has 110 valence electrons. The molecule has 0 aromatic carbocycles. The third-order valence-corrected chi connectivity index (χ3v) is 3.59. The molecule has 0 bridgehead atoms. The largest absolute Gasteiger partial charge is 0.389 e. The summed E-state index contributed by atoms with van der Waals surface area (Å²) in [5, 5.41) is 8.43. The van der Waals surface area contributed by atoms with Crippen LogP contribution < -0.4 is 10.6 Å². The van der Waals surface area contributed by atoms with E-state index < -0.39 is 0 Å². The molecule has 0 saturated carbocycles. The monoisotopic (exact) mass is 301 g/mol. The lowest BCUT2D eigenvalue weighted by atomic mass is 10.1. The Bertz CT molecular complexity index is 684. The summed E-state index contributed by atoms with van der Waals surface area (Å²) in [5.74, 6) is 0.689. The molecule has 0 saturated heterocycles. The SMILES string of the molecule is Cc1cccc(CN(C)c2nnc(C)c(C)c2C(N)=S)n1. The molecule has 0 aliphatic carbocycles. The van der Waals surface area contributed by atoms with Crippen molar-refractivity contribution in [1.82, 2.24) is 15.2 Å². The Kier molecular flexibility index (Phi) is 4.47. The van der Waals surface area contributed by atoms with Crippen LogP contribution in [0.15, 0.2) is 18.2 Å². The third kappa shape index (κ3) is 3.33. The lowest BCUT2D eigenvalue weighted by Gasteiger charge is -2.21. The van der Waals surface area contributed by atoms with Gasteiger partial charge in [0.2, 0.25) is 0 Å². The third-order valence-electron chi connectivity index (χ3n) is 3.39. The highest BCUT2D eigenvalue weighted by molar-refractivity contribution is 7.80. The minimum atomic E-state index is 0.338. The number of nitrogens with zero attached hydrogens (tertiary/aromatic N) is 4. The number of rotatable bonds is 4. The Hall–Kier alpha value is -2.08. The molecular weight excluding hydrogens is 282 g/mol. The van der Waals surface area contributed by atoms with Gasteiger partial charge >= 0.3 is 0 Å². The highest BCUT2D eigenvalue weighted by atomic mass is 32.1. The number of aryl methyl sites for hydroxylation is 2. The van der Waals surface area contributed by atoms with Crippen molar-refractivity contribution >= 4 is 23.0 Å². The molecule has 0 atom stereocenters. The number of anilines is 1. The Morgan fingerprint density at radius 1 is 1.24 bits per heavy atom. The Morgan fingerprint density at radius 3 is 2.57 bits per heavy atom. The van der Waals surface area contributed by atoms with Crippen LogP contribution in [0.1, 0.15) is 28.2 Å². The highest BCUT2D eigenvalue weighted by Gasteiger charge is 2.17. The Morgan fingerprint density at radius 2 is 1.95 bits per heavy atom. The van der Waals surface area contributed by atoms with Crippen molar-refractivity contribution in [3.05, 3.63) is 46.4 Å². The quantitative estimate of drug-likeness (QED) is 0.872. The first kappa shape index (κ1) is 15.3. The predicted octanol–water partition coefficient (Wildman–Crippen LogP) is 2.07. The zero-order valence-electron chi connectivity index (χ0n) is 12.7. The van der Waals surface area contributed by atoms with Gasteiger partial charge in [-0.2, -0.15) is 5.10 Å². The van der Waals surface area contributed by atoms with E-state index in [1.54, 1.807) is 0 Å². The van der Waals surface area contributed by atoms with Crippen LogP contribution in [0.5, 0.6) is 0 Å². The Labute approximate surface area is 130 Å². The van der Waals surface area contributed by atoms with Gasteiger partial charge in [-0.3, -0.25) is 4.98 Å². The summed E-state index contributed by atoms with van der Waals surface area (Å²) >= 11 is 5.17. The number of aromatic nitrogens is 3. The molecule has 2 N–H and O–H groups in total. The molecule has 2 aromatic heterocycles. The fourth-order valence-electron chi connectivity index (χ4n) is 2.16. The van der Waals surface area contributed by atoms with Gasteiger partial charge in [-0.15, -0.1) is 5.10 Å². The molecule has 0 fully saturated rings. The molecule has 2 aromatic rings. The maximum Gasteiger partial charge on any atom is 0.161 e. The topological polar surface area (TPSA) is 67.9 Å². The highest BCUT2D eigenvalue weighted by Crippen LogP contribution is 2.22. The van der Waals surface area contributed by atoms with Gasteiger partial charge in [0, 0.05) is 12.7 Å². The van der Waals surface area contributed by atoms with Gasteiger partial charge in [-0.05, 0) is 38.5 Å². The van der Waals surface area contributed by atoms with Crippen molar-refractivity contribution < 1.29 is 0 Å². The predicted molar refractivity (Wildman–Crippen MR) is 88.5 cm³/mol. The summed E-state index contributed by atoms with van der Waals surface area (Å²) in [7, 11) is 1.94. The van der Waals surface area contributed by atoms with Crippen molar-refractivity contribution in [2.24, 2.45) is 5.73 Å². The maximum atomic E-state index is 5.86. The van der Waals surface area contributed by atoms with E-state index in [1.165, 1.54) is 0 Å². The maximum absolute atomic E-state index is 5.86. The van der Waals surface area contributed by atoms with Gasteiger partial charge in [-0.25, -0.2) is 0 Å².